The molecule has 0 aliphatic carbocycles. The van der Waals surface area contributed by atoms with Gasteiger partial charge in [-0.2, -0.15) is 0 Å². The van der Waals surface area contributed by atoms with Crippen molar-refractivity contribution in [1.29, 1.82) is 0 Å². The number of hydrogen-bond acceptors (Lipinski definition) is 1. The van der Waals surface area contributed by atoms with Gasteiger partial charge in [0.05, 0.1) is 0 Å². The maximum absolute atomic E-state index is 3.51. The lowest BCUT2D eigenvalue weighted by Gasteiger charge is -2.20. The maximum atomic E-state index is 3.51. The minimum atomic E-state index is 1.03. The van der Waals surface area contributed by atoms with Crippen LogP contribution in [0.15, 0.2) is 42.5 Å². The van der Waals surface area contributed by atoms with E-state index in [4.69, 9.17) is 0 Å². The molecule has 2 rings (SSSR count). The fourth-order valence-corrected chi connectivity index (χ4v) is 2.64. The average molecular weight is 292 g/mol. The molecular formula is C15H18BrN. The van der Waals surface area contributed by atoms with Crippen molar-refractivity contribution < 1.29 is 0 Å². The summed E-state index contributed by atoms with van der Waals surface area (Å²) in [6, 6.07) is 15.2. The van der Waals surface area contributed by atoms with Crippen molar-refractivity contribution >= 4 is 26.7 Å². The second kappa shape index (κ2) is 6.18. The van der Waals surface area contributed by atoms with Crippen LogP contribution in [0.5, 0.6) is 0 Å². The van der Waals surface area contributed by atoms with Crippen LogP contribution in [-0.4, -0.2) is 23.3 Å². The first-order chi connectivity index (χ1) is 8.35. The van der Waals surface area contributed by atoms with E-state index in [1.807, 2.05) is 0 Å². The van der Waals surface area contributed by atoms with Crippen molar-refractivity contribution in [2.24, 2.45) is 0 Å². The lowest BCUT2D eigenvalue weighted by Crippen LogP contribution is -2.24. The van der Waals surface area contributed by atoms with Crippen molar-refractivity contribution in [3.05, 3.63) is 48.0 Å². The van der Waals surface area contributed by atoms with Gasteiger partial charge in [0.1, 0.15) is 0 Å². The minimum Gasteiger partial charge on any atom is -0.299 e. The Morgan fingerprint density at radius 1 is 1.06 bits per heavy atom. The molecule has 0 aromatic heterocycles. The highest BCUT2D eigenvalue weighted by Gasteiger charge is 2.05. The zero-order valence-electron chi connectivity index (χ0n) is 10.2. The summed E-state index contributed by atoms with van der Waals surface area (Å²) in [5.74, 6) is 0. The van der Waals surface area contributed by atoms with Gasteiger partial charge in [0.25, 0.3) is 0 Å². The first-order valence-electron chi connectivity index (χ1n) is 6.10. The van der Waals surface area contributed by atoms with E-state index < -0.39 is 0 Å². The smallest absolute Gasteiger partial charge is 0.0240 e. The molecule has 0 amide bonds. The molecule has 2 aromatic rings. The van der Waals surface area contributed by atoms with E-state index in [0.717, 1.165) is 25.0 Å². The summed E-state index contributed by atoms with van der Waals surface area (Å²) in [6.07, 6.45) is 0. The molecule has 0 saturated carbocycles. The molecule has 17 heavy (non-hydrogen) atoms. The summed E-state index contributed by atoms with van der Waals surface area (Å²) in [5.41, 5.74) is 1.42. The Morgan fingerprint density at radius 2 is 1.82 bits per heavy atom. The molecule has 90 valence electrons. The molecule has 0 spiro atoms. The summed E-state index contributed by atoms with van der Waals surface area (Å²) in [7, 11) is 0. The largest absolute Gasteiger partial charge is 0.299 e. The van der Waals surface area contributed by atoms with Crippen molar-refractivity contribution in [3.8, 4) is 0 Å². The van der Waals surface area contributed by atoms with Crippen LogP contribution < -0.4 is 0 Å². The molecule has 2 aromatic carbocycles. The lowest BCUT2D eigenvalue weighted by atomic mass is 10.0. The highest BCUT2D eigenvalue weighted by atomic mass is 79.9. The van der Waals surface area contributed by atoms with Gasteiger partial charge in [-0.1, -0.05) is 65.3 Å². The topological polar surface area (TPSA) is 3.24 Å². The van der Waals surface area contributed by atoms with Crippen LogP contribution in [0, 0.1) is 0 Å². The number of nitrogens with zero attached hydrogens (tertiary/aromatic N) is 1. The first-order valence-corrected chi connectivity index (χ1v) is 7.22. The second-order valence-corrected chi connectivity index (χ2v) is 4.99. The molecule has 0 atom stereocenters. The molecular weight excluding hydrogens is 274 g/mol. The van der Waals surface area contributed by atoms with E-state index >= 15 is 0 Å². The average Bonchev–Trinajstić information content (AvgIpc) is 2.38. The molecule has 2 heteroatoms. The molecule has 0 radical (unpaired) electrons. The fraction of sp³-hybridized carbons (Fsp3) is 0.333. The van der Waals surface area contributed by atoms with E-state index in [-0.39, 0.29) is 0 Å². The Kier molecular flexibility index (Phi) is 4.57. The summed E-state index contributed by atoms with van der Waals surface area (Å²) in [5, 5.41) is 3.74. The standard InChI is InChI=1S/C15H18BrN/c1-2-17(11-10-16)12-14-8-5-7-13-6-3-4-9-15(13)14/h3-9H,2,10-12H2,1H3. The molecule has 0 saturated heterocycles. The molecule has 0 aliphatic rings. The van der Waals surface area contributed by atoms with E-state index in [2.05, 4.69) is 70.2 Å². The van der Waals surface area contributed by atoms with Crippen LogP contribution in [-0.2, 0) is 6.54 Å². The van der Waals surface area contributed by atoms with Crippen LogP contribution >= 0.6 is 15.9 Å². The van der Waals surface area contributed by atoms with Gasteiger partial charge in [0, 0.05) is 18.4 Å². The number of hydrogen-bond donors (Lipinski definition) is 0. The highest BCUT2D eigenvalue weighted by Crippen LogP contribution is 2.19. The Balaban J connectivity index is 2.28. The van der Waals surface area contributed by atoms with Crippen molar-refractivity contribution in [3.63, 3.8) is 0 Å². The summed E-state index contributed by atoms with van der Waals surface area (Å²) < 4.78 is 0. The van der Waals surface area contributed by atoms with E-state index in [9.17, 15) is 0 Å². The van der Waals surface area contributed by atoms with E-state index in [1.165, 1.54) is 16.3 Å². The zero-order valence-corrected chi connectivity index (χ0v) is 11.8. The van der Waals surface area contributed by atoms with Gasteiger partial charge in [-0.25, -0.2) is 0 Å². The van der Waals surface area contributed by atoms with E-state index in [0.29, 0.717) is 0 Å². The van der Waals surface area contributed by atoms with Gasteiger partial charge in [-0.05, 0) is 22.9 Å². The third-order valence-electron chi connectivity index (χ3n) is 3.12. The summed E-state index contributed by atoms with van der Waals surface area (Å²) >= 11 is 3.51. The predicted molar refractivity (Wildman–Crippen MR) is 78.7 cm³/mol. The molecule has 0 aliphatic heterocycles. The molecule has 0 fully saturated rings. The third-order valence-corrected chi connectivity index (χ3v) is 3.48. The van der Waals surface area contributed by atoms with Gasteiger partial charge in [-0.15, -0.1) is 0 Å². The molecule has 0 bridgehead atoms. The van der Waals surface area contributed by atoms with Crippen molar-refractivity contribution in [2.45, 2.75) is 13.5 Å². The second-order valence-electron chi connectivity index (χ2n) is 4.20. The molecule has 0 heterocycles. The Morgan fingerprint density at radius 3 is 2.59 bits per heavy atom. The van der Waals surface area contributed by atoms with Gasteiger partial charge in [-0.3, -0.25) is 4.90 Å². The maximum Gasteiger partial charge on any atom is 0.0240 e. The molecule has 0 unspecified atom stereocenters. The SMILES string of the molecule is CCN(CCBr)Cc1cccc2ccccc12. The fourth-order valence-electron chi connectivity index (χ4n) is 2.14. The number of rotatable bonds is 5. The molecule has 0 N–H and O–H groups in total. The van der Waals surface area contributed by atoms with Crippen LogP contribution in [0.2, 0.25) is 0 Å². The van der Waals surface area contributed by atoms with Crippen molar-refractivity contribution in [1.82, 2.24) is 4.90 Å². The van der Waals surface area contributed by atoms with Gasteiger partial charge >= 0.3 is 0 Å². The van der Waals surface area contributed by atoms with Crippen LogP contribution in [0.3, 0.4) is 0 Å². The van der Waals surface area contributed by atoms with Crippen LogP contribution in [0.4, 0.5) is 0 Å². The Hall–Kier alpha value is -0.860. The van der Waals surface area contributed by atoms with Gasteiger partial charge < -0.3 is 0 Å². The van der Waals surface area contributed by atoms with Crippen molar-refractivity contribution in [2.75, 3.05) is 18.4 Å². The minimum absolute atomic E-state index is 1.03. The van der Waals surface area contributed by atoms with Gasteiger partial charge in [0.2, 0.25) is 0 Å². The zero-order chi connectivity index (χ0) is 12.1. The van der Waals surface area contributed by atoms with E-state index in [1.54, 1.807) is 0 Å². The van der Waals surface area contributed by atoms with Crippen LogP contribution in [0.1, 0.15) is 12.5 Å². The summed E-state index contributed by atoms with van der Waals surface area (Å²) in [6.45, 7) is 5.44. The summed E-state index contributed by atoms with van der Waals surface area (Å²) in [4.78, 5) is 2.45. The Labute approximate surface area is 112 Å². The number of fused-ring (bicyclic) bond motifs is 1. The number of benzene rings is 2. The Bertz CT molecular complexity index is 476. The predicted octanol–water partition coefficient (Wildman–Crippen LogP) is 4.06. The lowest BCUT2D eigenvalue weighted by molar-refractivity contribution is 0.300. The first kappa shape index (κ1) is 12.6. The third kappa shape index (κ3) is 3.08. The molecule has 1 nitrogen and oxygen atoms in total. The highest BCUT2D eigenvalue weighted by molar-refractivity contribution is 9.09. The normalized spacial score (nSPS) is 11.2. The monoisotopic (exact) mass is 291 g/mol. The number of halogens is 1. The number of alkyl halides is 1. The van der Waals surface area contributed by atoms with Gasteiger partial charge in [0.15, 0.2) is 0 Å². The quantitative estimate of drug-likeness (QED) is 0.751. The van der Waals surface area contributed by atoms with Crippen LogP contribution in [0.25, 0.3) is 10.8 Å².